The highest BCUT2D eigenvalue weighted by Gasteiger charge is 2.15. The van der Waals surface area contributed by atoms with Crippen molar-refractivity contribution in [2.24, 2.45) is 0 Å². The summed E-state index contributed by atoms with van der Waals surface area (Å²) in [6, 6.07) is 1.79. The highest BCUT2D eigenvalue weighted by Crippen LogP contribution is 2.24. The van der Waals surface area contributed by atoms with E-state index in [1.54, 1.807) is 13.0 Å². The van der Waals surface area contributed by atoms with Crippen LogP contribution in [0.2, 0.25) is 0 Å². The number of carbonyl (C=O) groups is 1. The van der Waals surface area contributed by atoms with Crippen LogP contribution in [0.1, 0.15) is 35.5 Å². The number of carboxylic acid groups (broad SMARTS) is 1. The van der Waals surface area contributed by atoms with Crippen LogP contribution in [-0.2, 0) is 4.74 Å². The van der Waals surface area contributed by atoms with Gasteiger partial charge >= 0.3 is 5.97 Å². The Morgan fingerprint density at radius 1 is 1.50 bits per heavy atom. The number of rotatable bonds is 6. The van der Waals surface area contributed by atoms with Crippen molar-refractivity contribution in [2.45, 2.75) is 38.8 Å². The number of nitrogens with zero attached hydrogens (tertiary/aromatic N) is 1. The molecular weight excluding hydrogens is 250 g/mol. The highest BCUT2D eigenvalue weighted by molar-refractivity contribution is 7.99. The molecule has 0 unspecified atom stereocenters. The molecule has 0 aliphatic carbocycles. The molecule has 18 heavy (non-hydrogen) atoms. The Morgan fingerprint density at radius 2 is 2.17 bits per heavy atom. The van der Waals surface area contributed by atoms with Gasteiger partial charge in [0.1, 0.15) is 5.03 Å². The number of carboxylic acids is 1. The molecule has 4 nitrogen and oxygen atoms in total. The molecule has 1 N–H and O–H groups in total. The smallest absolute Gasteiger partial charge is 0.338 e. The third-order valence-electron chi connectivity index (χ3n) is 2.30. The summed E-state index contributed by atoms with van der Waals surface area (Å²) in [7, 11) is 0. The molecule has 1 aromatic heterocycles. The molecule has 0 atom stereocenters. The number of hydrogen-bond donors (Lipinski definition) is 1. The molecular formula is C13H19NO3S. The maximum atomic E-state index is 11.2. The number of ether oxygens (including phenoxy) is 1. The van der Waals surface area contributed by atoms with Gasteiger partial charge in [-0.25, -0.2) is 9.78 Å². The van der Waals surface area contributed by atoms with Gasteiger partial charge in [0, 0.05) is 11.4 Å². The van der Waals surface area contributed by atoms with Crippen LogP contribution in [0.3, 0.4) is 0 Å². The molecule has 0 amide bonds. The van der Waals surface area contributed by atoms with Gasteiger partial charge in [-0.05, 0) is 39.3 Å². The second kappa shape index (κ2) is 6.75. The van der Waals surface area contributed by atoms with E-state index in [-0.39, 0.29) is 6.10 Å². The molecule has 1 rings (SSSR count). The second-order valence-electron chi connectivity index (χ2n) is 4.33. The minimum atomic E-state index is -0.924. The monoisotopic (exact) mass is 269 g/mol. The van der Waals surface area contributed by atoms with Crippen LogP contribution in [0.25, 0.3) is 0 Å². The van der Waals surface area contributed by atoms with Gasteiger partial charge in [-0.3, -0.25) is 0 Å². The van der Waals surface area contributed by atoms with Crippen molar-refractivity contribution in [1.29, 1.82) is 0 Å². The van der Waals surface area contributed by atoms with Gasteiger partial charge in [0.2, 0.25) is 0 Å². The summed E-state index contributed by atoms with van der Waals surface area (Å²) < 4.78 is 5.43. The zero-order valence-electron chi connectivity index (χ0n) is 11.2. The fourth-order valence-electron chi connectivity index (χ4n) is 1.59. The van der Waals surface area contributed by atoms with Crippen LogP contribution < -0.4 is 0 Å². The van der Waals surface area contributed by atoms with E-state index >= 15 is 0 Å². The molecule has 0 saturated carbocycles. The minimum absolute atomic E-state index is 0.191. The summed E-state index contributed by atoms with van der Waals surface area (Å²) in [6.45, 7) is 8.21. The SMILES string of the molecule is Cc1cc(C)c(C(=O)O)c(SCCOC(C)C)n1. The molecule has 1 aromatic rings. The van der Waals surface area contributed by atoms with Crippen LogP contribution in [0.5, 0.6) is 0 Å². The summed E-state index contributed by atoms with van der Waals surface area (Å²) >= 11 is 1.43. The molecule has 5 heteroatoms. The molecule has 0 fully saturated rings. The van der Waals surface area contributed by atoms with Crippen LogP contribution >= 0.6 is 11.8 Å². The van der Waals surface area contributed by atoms with Crippen molar-refractivity contribution >= 4 is 17.7 Å². The van der Waals surface area contributed by atoms with Gasteiger partial charge in [-0.1, -0.05) is 0 Å². The van der Waals surface area contributed by atoms with Crippen molar-refractivity contribution in [3.05, 3.63) is 22.9 Å². The van der Waals surface area contributed by atoms with E-state index in [4.69, 9.17) is 4.74 Å². The molecule has 0 aliphatic heterocycles. The molecule has 0 aromatic carbocycles. The van der Waals surface area contributed by atoms with Gasteiger partial charge in [0.15, 0.2) is 0 Å². The number of pyridine rings is 1. The highest BCUT2D eigenvalue weighted by atomic mass is 32.2. The first kappa shape index (κ1) is 15.0. The minimum Gasteiger partial charge on any atom is -0.478 e. The van der Waals surface area contributed by atoms with E-state index < -0.39 is 5.97 Å². The number of aryl methyl sites for hydroxylation is 2. The number of aromatic carboxylic acids is 1. The third-order valence-corrected chi connectivity index (χ3v) is 3.24. The first-order valence-corrected chi connectivity index (χ1v) is 6.86. The van der Waals surface area contributed by atoms with E-state index in [1.807, 2.05) is 20.8 Å². The van der Waals surface area contributed by atoms with Crippen LogP contribution in [-0.4, -0.2) is 34.5 Å². The molecule has 0 aliphatic rings. The van der Waals surface area contributed by atoms with Crippen LogP contribution in [0.15, 0.2) is 11.1 Å². The summed E-state index contributed by atoms with van der Waals surface area (Å²) in [5, 5.41) is 9.77. The Labute approximate surface area is 112 Å². The lowest BCUT2D eigenvalue weighted by molar-refractivity contribution is 0.0691. The number of hydrogen-bond acceptors (Lipinski definition) is 4. The van der Waals surface area contributed by atoms with Gasteiger partial charge in [0.25, 0.3) is 0 Å². The van der Waals surface area contributed by atoms with E-state index in [1.165, 1.54) is 11.8 Å². The molecule has 0 radical (unpaired) electrons. The van der Waals surface area contributed by atoms with Crippen molar-refractivity contribution < 1.29 is 14.6 Å². The predicted molar refractivity (Wildman–Crippen MR) is 72.5 cm³/mol. The Kier molecular flexibility index (Phi) is 5.62. The fourth-order valence-corrected chi connectivity index (χ4v) is 2.56. The van der Waals surface area contributed by atoms with Crippen molar-refractivity contribution in [3.8, 4) is 0 Å². The largest absolute Gasteiger partial charge is 0.478 e. The average Bonchev–Trinajstić information content (AvgIpc) is 2.22. The van der Waals surface area contributed by atoms with Crippen molar-refractivity contribution in [3.63, 3.8) is 0 Å². The molecule has 0 saturated heterocycles. The third kappa shape index (κ3) is 4.31. The summed E-state index contributed by atoms with van der Waals surface area (Å²) in [5.41, 5.74) is 1.89. The number of thioether (sulfide) groups is 1. The van der Waals surface area contributed by atoms with E-state index in [9.17, 15) is 9.90 Å². The Hall–Kier alpha value is -1.07. The lowest BCUT2D eigenvalue weighted by Gasteiger charge is -2.10. The van der Waals surface area contributed by atoms with E-state index in [0.717, 1.165) is 11.3 Å². The van der Waals surface area contributed by atoms with Crippen molar-refractivity contribution in [1.82, 2.24) is 4.98 Å². The fraction of sp³-hybridized carbons (Fsp3) is 0.538. The van der Waals surface area contributed by atoms with Crippen molar-refractivity contribution in [2.75, 3.05) is 12.4 Å². The lowest BCUT2D eigenvalue weighted by atomic mass is 10.1. The Bertz CT molecular complexity index is 432. The average molecular weight is 269 g/mol. The first-order valence-electron chi connectivity index (χ1n) is 5.87. The zero-order valence-corrected chi connectivity index (χ0v) is 12.0. The summed E-state index contributed by atoms with van der Waals surface area (Å²) in [6.07, 6.45) is 0.191. The van der Waals surface area contributed by atoms with E-state index in [2.05, 4.69) is 4.98 Å². The van der Waals surface area contributed by atoms with Gasteiger partial charge < -0.3 is 9.84 Å². The quantitative estimate of drug-likeness (QED) is 0.635. The Balaban J connectivity index is 2.77. The van der Waals surface area contributed by atoms with E-state index in [0.29, 0.717) is 22.9 Å². The van der Waals surface area contributed by atoms with Crippen LogP contribution in [0.4, 0.5) is 0 Å². The molecule has 0 spiro atoms. The summed E-state index contributed by atoms with van der Waals surface area (Å²) in [4.78, 5) is 15.5. The normalized spacial score (nSPS) is 10.9. The maximum absolute atomic E-state index is 11.2. The van der Waals surface area contributed by atoms with Crippen LogP contribution in [0, 0.1) is 13.8 Å². The maximum Gasteiger partial charge on any atom is 0.338 e. The standard InChI is InChI=1S/C13H19NO3S/c1-8(2)17-5-6-18-12-11(13(15)16)9(3)7-10(4)14-12/h7-8H,5-6H2,1-4H3,(H,15,16). The lowest BCUT2D eigenvalue weighted by Crippen LogP contribution is -2.08. The zero-order chi connectivity index (χ0) is 13.7. The Morgan fingerprint density at radius 3 is 2.72 bits per heavy atom. The second-order valence-corrected chi connectivity index (χ2v) is 5.42. The first-order chi connectivity index (χ1) is 8.41. The summed E-state index contributed by atoms with van der Waals surface area (Å²) in [5.74, 6) is -0.221. The molecule has 100 valence electrons. The van der Waals surface area contributed by atoms with Gasteiger partial charge in [-0.2, -0.15) is 0 Å². The number of aromatic nitrogens is 1. The van der Waals surface area contributed by atoms with Gasteiger partial charge in [-0.15, -0.1) is 11.8 Å². The molecule has 1 heterocycles. The molecule has 0 bridgehead atoms. The topological polar surface area (TPSA) is 59.4 Å². The predicted octanol–water partition coefficient (Wildman–Crippen LogP) is 2.91. The van der Waals surface area contributed by atoms with Gasteiger partial charge in [0.05, 0.1) is 18.3 Å².